The van der Waals surface area contributed by atoms with Gasteiger partial charge in [0, 0.05) is 17.7 Å². The second kappa shape index (κ2) is 10.8. The van der Waals surface area contributed by atoms with Crippen LogP contribution in [0.5, 0.6) is 0 Å². The lowest BCUT2D eigenvalue weighted by Gasteiger charge is -2.34. The van der Waals surface area contributed by atoms with Gasteiger partial charge in [0.1, 0.15) is 5.78 Å². The van der Waals surface area contributed by atoms with Gasteiger partial charge >= 0.3 is 0 Å². The molecule has 8 heteroatoms. The molecule has 2 saturated heterocycles. The first kappa shape index (κ1) is 28.0. The summed E-state index contributed by atoms with van der Waals surface area (Å²) in [5, 5.41) is 27.8. The second-order valence-corrected chi connectivity index (χ2v) is 12.5. The smallest absolute Gasteiger partial charge is 0.223 e. The lowest BCUT2D eigenvalue weighted by molar-refractivity contribution is -0.143. The van der Waals surface area contributed by atoms with Crippen LogP contribution in [0, 0.1) is 24.2 Å². The second-order valence-electron chi connectivity index (χ2n) is 11.4. The number of nitrogens with one attached hydrogen (secondary N) is 1. The molecule has 1 aromatic rings. The van der Waals surface area contributed by atoms with Crippen molar-refractivity contribution in [3.8, 4) is 0 Å². The zero-order valence-electron chi connectivity index (χ0n) is 22.1. The molecule has 1 aromatic heterocycles. The van der Waals surface area contributed by atoms with Gasteiger partial charge < -0.3 is 20.3 Å². The third-order valence-electron chi connectivity index (χ3n) is 8.07. The Morgan fingerprint density at radius 3 is 2.57 bits per heavy atom. The Kier molecular flexibility index (Phi) is 8.62. The van der Waals surface area contributed by atoms with E-state index in [1.54, 1.807) is 32.1 Å². The number of thiazole rings is 1. The maximum Gasteiger partial charge on any atom is 0.223 e. The van der Waals surface area contributed by atoms with Gasteiger partial charge in [-0.05, 0) is 51.2 Å². The third-order valence-corrected chi connectivity index (χ3v) is 8.86. The molecule has 7 atom stereocenters. The zero-order valence-corrected chi connectivity index (χ0v) is 22.9. The molecule has 3 N–H and O–H groups in total. The fourth-order valence-corrected chi connectivity index (χ4v) is 5.76. The molecular formula is C27H42N2O5S. The lowest BCUT2D eigenvalue weighted by atomic mass is 9.72. The summed E-state index contributed by atoms with van der Waals surface area (Å²) in [5.74, 6) is -1.24. The van der Waals surface area contributed by atoms with E-state index in [0.717, 1.165) is 35.5 Å². The monoisotopic (exact) mass is 506 g/mol. The molecule has 196 valence electrons. The van der Waals surface area contributed by atoms with Crippen molar-refractivity contribution >= 4 is 29.1 Å². The quantitative estimate of drug-likeness (QED) is 0.522. The standard InChI is InChI=1S/C27H42N2O5S/c1-15-9-8-10-27(7)22(34-27)12-20(16(2)11-19-14-35-18(4)28-19)29-23(31)13-21(30)26(5,6)25(33)17(3)24(15)32/h11,14-15,17,20-22,24,30,32H,8-10,12-13H2,1-7H3,(H,29,31)/b16-11+/t15-,17+,20-,21-,22-,24-,27?/m0/s1. The number of carbonyl (C=O) groups is 2. The molecule has 3 heterocycles. The van der Waals surface area contributed by atoms with Crippen LogP contribution in [0.3, 0.4) is 0 Å². The molecule has 7 nitrogen and oxygen atoms in total. The van der Waals surface area contributed by atoms with Crippen molar-refractivity contribution in [3.05, 3.63) is 21.7 Å². The highest BCUT2D eigenvalue weighted by atomic mass is 32.1. The average molecular weight is 507 g/mol. The summed E-state index contributed by atoms with van der Waals surface area (Å²) in [6.45, 7) is 13.0. The van der Waals surface area contributed by atoms with E-state index >= 15 is 0 Å². The minimum absolute atomic E-state index is 0.0170. The Morgan fingerprint density at radius 1 is 1.26 bits per heavy atom. The van der Waals surface area contributed by atoms with E-state index < -0.39 is 23.5 Å². The van der Waals surface area contributed by atoms with Crippen LogP contribution in [0.2, 0.25) is 0 Å². The number of Topliss-reactive ketones (excluding diaryl/α,β-unsaturated/α-hetero) is 1. The Bertz CT molecular complexity index is 957. The summed E-state index contributed by atoms with van der Waals surface area (Å²) in [7, 11) is 0. The van der Waals surface area contributed by atoms with Gasteiger partial charge in [-0.3, -0.25) is 9.59 Å². The molecule has 0 aromatic carbocycles. The van der Waals surface area contributed by atoms with Crippen LogP contribution < -0.4 is 5.32 Å². The Morgan fingerprint density at radius 2 is 1.94 bits per heavy atom. The molecule has 2 aliphatic heterocycles. The van der Waals surface area contributed by atoms with Crippen LogP contribution in [-0.4, -0.2) is 56.8 Å². The summed E-state index contributed by atoms with van der Waals surface area (Å²) < 4.78 is 6.10. The molecule has 0 aliphatic carbocycles. The number of aryl methyl sites for hydroxylation is 1. The van der Waals surface area contributed by atoms with Crippen LogP contribution in [0.25, 0.3) is 6.08 Å². The number of ether oxygens (including phenoxy) is 1. The number of carbonyl (C=O) groups excluding carboxylic acids is 2. The summed E-state index contributed by atoms with van der Waals surface area (Å²) in [6, 6.07) is -0.269. The maximum atomic E-state index is 13.2. The Balaban J connectivity index is 1.85. The van der Waals surface area contributed by atoms with E-state index in [9.17, 15) is 19.8 Å². The fraction of sp³-hybridized carbons (Fsp3) is 0.741. The van der Waals surface area contributed by atoms with E-state index in [1.807, 2.05) is 32.2 Å². The van der Waals surface area contributed by atoms with E-state index in [4.69, 9.17) is 4.74 Å². The van der Waals surface area contributed by atoms with Gasteiger partial charge in [-0.2, -0.15) is 0 Å². The van der Waals surface area contributed by atoms with Crippen LogP contribution in [0.4, 0.5) is 0 Å². The van der Waals surface area contributed by atoms with Crippen molar-refractivity contribution in [2.45, 2.75) is 111 Å². The Hall–Kier alpha value is -1.61. The molecule has 0 spiro atoms. The number of aliphatic hydroxyl groups is 2. The van der Waals surface area contributed by atoms with E-state index in [2.05, 4.69) is 17.2 Å². The predicted molar refractivity (Wildman–Crippen MR) is 138 cm³/mol. The number of hydrogen-bond acceptors (Lipinski definition) is 7. The molecule has 35 heavy (non-hydrogen) atoms. The number of hydrogen-bond donors (Lipinski definition) is 3. The summed E-state index contributed by atoms with van der Waals surface area (Å²) in [4.78, 5) is 30.8. The number of aromatic nitrogens is 1. The molecule has 0 saturated carbocycles. The molecule has 1 unspecified atom stereocenters. The van der Waals surface area contributed by atoms with Crippen LogP contribution >= 0.6 is 11.3 Å². The van der Waals surface area contributed by atoms with E-state index in [-0.39, 0.29) is 41.8 Å². The topological polar surface area (TPSA) is 112 Å². The van der Waals surface area contributed by atoms with Crippen molar-refractivity contribution in [3.63, 3.8) is 0 Å². The first-order valence-electron chi connectivity index (χ1n) is 12.7. The van der Waals surface area contributed by atoms with Crippen LogP contribution in [-0.2, 0) is 14.3 Å². The van der Waals surface area contributed by atoms with Crippen molar-refractivity contribution in [2.24, 2.45) is 17.3 Å². The van der Waals surface area contributed by atoms with Gasteiger partial charge in [0.05, 0.1) is 52.5 Å². The predicted octanol–water partition coefficient (Wildman–Crippen LogP) is 4.05. The summed E-state index contributed by atoms with van der Waals surface area (Å²) in [5.41, 5.74) is 0.410. The van der Waals surface area contributed by atoms with Crippen molar-refractivity contribution < 1.29 is 24.5 Å². The van der Waals surface area contributed by atoms with Crippen molar-refractivity contribution in [1.82, 2.24) is 10.3 Å². The minimum Gasteiger partial charge on any atom is -0.392 e. The highest BCUT2D eigenvalue weighted by Gasteiger charge is 2.52. The number of rotatable bonds is 2. The Labute approximate surface area is 213 Å². The highest BCUT2D eigenvalue weighted by molar-refractivity contribution is 7.09. The van der Waals surface area contributed by atoms with Gasteiger partial charge in [0.15, 0.2) is 0 Å². The number of fused-ring (bicyclic) bond motifs is 1. The van der Waals surface area contributed by atoms with Gasteiger partial charge in [-0.1, -0.05) is 34.1 Å². The van der Waals surface area contributed by atoms with Crippen molar-refractivity contribution in [2.75, 3.05) is 0 Å². The number of ketones is 1. The molecular weight excluding hydrogens is 464 g/mol. The maximum absolute atomic E-state index is 13.2. The van der Waals surface area contributed by atoms with Crippen LogP contribution in [0.15, 0.2) is 11.0 Å². The lowest BCUT2D eigenvalue weighted by Crippen LogP contribution is -2.47. The minimum atomic E-state index is -1.17. The number of nitrogens with zero attached hydrogens (tertiary/aromatic N) is 1. The summed E-state index contributed by atoms with van der Waals surface area (Å²) >= 11 is 1.58. The van der Waals surface area contributed by atoms with Crippen molar-refractivity contribution in [1.29, 1.82) is 0 Å². The number of aliphatic hydroxyl groups excluding tert-OH is 2. The molecule has 2 fully saturated rings. The molecule has 0 bridgehead atoms. The molecule has 1 amide bonds. The average Bonchev–Trinajstić information content (AvgIpc) is 3.22. The first-order valence-corrected chi connectivity index (χ1v) is 13.6. The van der Waals surface area contributed by atoms with Gasteiger partial charge in [-0.15, -0.1) is 11.3 Å². The zero-order chi connectivity index (χ0) is 26.1. The largest absolute Gasteiger partial charge is 0.392 e. The fourth-order valence-electron chi connectivity index (χ4n) is 5.19. The van der Waals surface area contributed by atoms with Crippen LogP contribution in [0.1, 0.15) is 84.3 Å². The third kappa shape index (κ3) is 6.59. The number of epoxide rings is 1. The molecule has 3 rings (SSSR count). The SMILES string of the molecule is C/C(=C\c1csc(C)n1)[C@@H]1C[C@@H]2OC2(C)CCC[C@H](C)[C@H](O)[C@@H](C)C(=O)C(C)(C)[C@@H](O)CC(=O)N1. The van der Waals surface area contributed by atoms with E-state index in [1.165, 1.54) is 0 Å². The van der Waals surface area contributed by atoms with Gasteiger partial charge in [0.25, 0.3) is 0 Å². The normalized spacial score (nSPS) is 37.5. The summed E-state index contributed by atoms with van der Waals surface area (Å²) in [6.07, 6.45) is 2.99. The van der Waals surface area contributed by atoms with E-state index in [0.29, 0.717) is 6.42 Å². The number of amides is 1. The molecule has 0 radical (unpaired) electrons. The first-order chi connectivity index (χ1) is 16.2. The van der Waals surface area contributed by atoms with Gasteiger partial charge in [-0.25, -0.2) is 4.98 Å². The molecule has 2 aliphatic rings. The highest BCUT2D eigenvalue weighted by Crippen LogP contribution is 2.44. The van der Waals surface area contributed by atoms with Gasteiger partial charge in [0.2, 0.25) is 5.91 Å².